The molecule has 0 N–H and O–H groups in total. The number of Topliss-reactive ketones (excluding diaryl/α,β-unsaturated/α-hetero) is 2. The molecule has 5 nitrogen and oxygen atoms in total. The normalized spacial score (nSPS) is 13.1. The molecule has 3 aromatic carbocycles. The molecule has 2 amide bonds. The van der Waals surface area contributed by atoms with Crippen LogP contribution >= 0.6 is 15.9 Å². The van der Waals surface area contributed by atoms with E-state index in [1.54, 1.807) is 72.8 Å². The number of carbonyl (C=O) groups excluding carboxylic acids is 4. The van der Waals surface area contributed by atoms with E-state index in [0.29, 0.717) is 0 Å². The summed E-state index contributed by atoms with van der Waals surface area (Å²) in [5.41, 5.74) is 0.508. The molecule has 3 aromatic rings. The predicted molar refractivity (Wildman–Crippen MR) is 114 cm³/mol. The lowest BCUT2D eigenvalue weighted by molar-refractivity contribution is 0.0642. The Bertz CT molecular complexity index is 1160. The highest BCUT2D eigenvalue weighted by Gasteiger charge is 2.39. The molecule has 6 heteroatoms. The topological polar surface area (TPSA) is 71.5 Å². The zero-order valence-electron chi connectivity index (χ0n) is 15.5. The molecule has 0 heterocycles. The van der Waals surface area contributed by atoms with Gasteiger partial charge in [-0.15, -0.1) is 0 Å². The SMILES string of the molecule is O=C1C(Br)=C(N(C(=O)c2ccccc2)C(=O)c2ccccc2)C(=O)c2ccccc21. The summed E-state index contributed by atoms with van der Waals surface area (Å²) < 4.78 is -0.125. The molecular formula is C24H14BrNO4. The zero-order valence-corrected chi connectivity index (χ0v) is 17.1. The first-order chi connectivity index (χ1) is 14.5. The van der Waals surface area contributed by atoms with Crippen molar-refractivity contribution in [3.8, 4) is 0 Å². The number of halogens is 1. The average molecular weight is 460 g/mol. The van der Waals surface area contributed by atoms with Crippen molar-refractivity contribution in [3.05, 3.63) is 117 Å². The zero-order chi connectivity index (χ0) is 21.3. The van der Waals surface area contributed by atoms with Crippen molar-refractivity contribution in [2.75, 3.05) is 0 Å². The second-order valence-electron chi connectivity index (χ2n) is 6.54. The fourth-order valence-corrected chi connectivity index (χ4v) is 3.82. The Labute approximate surface area is 180 Å². The highest BCUT2D eigenvalue weighted by Crippen LogP contribution is 2.33. The van der Waals surface area contributed by atoms with E-state index in [1.165, 1.54) is 12.1 Å². The number of benzene rings is 3. The monoisotopic (exact) mass is 459 g/mol. The van der Waals surface area contributed by atoms with Crippen LogP contribution in [-0.4, -0.2) is 28.3 Å². The summed E-state index contributed by atoms with van der Waals surface area (Å²) in [7, 11) is 0. The van der Waals surface area contributed by atoms with Gasteiger partial charge in [0.2, 0.25) is 11.6 Å². The number of rotatable bonds is 3. The van der Waals surface area contributed by atoms with Crippen LogP contribution in [0.3, 0.4) is 0 Å². The van der Waals surface area contributed by atoms with E-state index in [2.05, 4.69) is 15.9 Å². The summed E-state index contributed by atoms with van der Waals surface area (Å²) in [5, 5.41) is 0. The molecule has 146 valence electrons. The van der Waals surface area contributed by atoms with Crippen LogP contribution in [0, 0.1) is 0 Å². The van der Waals surface area contributed by atoms with Gasteiger partial charge in [0.05, 0.1) is 4.48 Å². The van der Waals surface area contributed by atoms with E-state index >= 15 is 0 Å². The average Bonchev–Trinajstić information content (AvgIpc) is 2.80. The maximum atomic E-state index is 13.4. The van der Waals surface area contributed by atoms with Crippen molar-refractivity contribution >= 4 is 39.3 Å². The van der Waals surface area contributed by atoms with Gasteiger partial charge in [0, 0.05) is 22.3 Å². The molecule has 1 aliphatic carbocycles. The van der Waals surface area contributed by atoms with Gasteiger partial charge in [0.15, 0.2) is 0 Å². The van der Waals surface area contributed by atoms with Gasteiger partial charge in [-0.2, -0.15) is 0 Å². The molecule has 0 fully saturated rings. The summed E-state index contributed by atoms with van der Waals surface area (Å²) in [6.07, 6.45) is 0. The second kappa shape index (κ2) is 8.00. The minimum Gasteiger partial charge on any atom is -0.288 e. The fraction of sp³-hybridized carbons (Fsp3) is 0. The van der Waals surface area contributed by atoms with Crippen molar-refractivity contribution in [1.82, 2.24) is 4.90 Å². The van der Waals surface area contributed by atoms with E-state index < -0.39 is 23.4 Å². The van der Waals surface area contributed by atoms with E-state index in [9.17, 15) is 19.2 Å². The highest BCUT2D eigenvalue weighted by molar-refractivity contribution is 9.12. The molecule has 0 atom stereocenters. The second-order valence-corrected chi connectivity index (χ2v) is 7.34. The third-order valence-electron chi connectivity index (χ3n) is 4.71. The Balaban J connectivity index is 1.91. The number of hydrogen-bond acceptors (Lipinski definition) is 4. The third kappa shape index (κ3) is 3.31. The van der Waals surface area contributed by atoms with E-state index in [-0.39, 0.29) is 32.4 Å². The number of fused-ring (bicyclic) bond motifs is 1. The number of amides is 2. The van der Waals surface area contributed by atoms with Crippen LogP contribution in [0.15, 0.2) is 95.1 Å². The fourth-order valence-electron chi connectivity index (χ4n) is 3.25. The first-order valence-corrected chi connectivity index (χ1v) is 9.87. The Hall–Kier alpha value is -3.64. The van der Waals surface area contributed by atoms with Gasteiger partial charge in [0.25, 0.3) is 11.8 Å². The molecule has 1 aliphatic rings. The van der Waals surface area contributed by atoms with Crippen LogP contribution in [0.1, 0.15) is 41.4 Å². The van der Waals surface area contributed by atoms with Crippen LogP contribution in [0.2, 0.25) is 0 Å². The summed E-state index contributed by atoms with van der Waals surface area (Å²) in [4.78, 5) is 53.7. The minimum absolute atomic E-state index is 0.125. The van der Waals surface area contributed by atoms with Gasteiger partial charge in [-0.3, -0.25) is 19.2 Å². The van der Waals surface area contributed by atoms with Crippen molar-refractivity contribution in [2.24, 2.45) is 0 Å². The van der Waals surface area contributed by atoms with Gasteiger partial charge >= 0.3 is 0 Å². The number of imide groups is 1. The number of nitrogens with zero attached hydrogens (tertiary/aromatic N) is 1. The van der Waals surface area contributed by atoms with Crippen LogP contribution < -0.4 is 0 Å². The number of allylic oxidation sites excluding steroid dienone is 2. The molecule has 0 aliphatic heterocycles. The maximum Gasteiger partial charge on any atom is 0.265 e. The molecule has 0 spiro atoms. The van der Waals surface area contributed by atoms with Gasteiger partial charge in [-0.1, -0.05) is 60.7 Å². The Morgan fingerprint density at radius 3 is 1.47 bits per heavy atom. The summed E-state index contributed by atoms with van der Waals surface area (Å²) in [5.74, 6) is -2.44. The molecule has 0 unspecified atom stereocenters. The molecule has 30 heavy (non-hydrogen) atoms. The Morgan fingerprint density at radius 1 is 0.600 bits per heavy atom. The Morgan fingerprint density at radius 2 is 1.00 bits per heavy atom. The van der Waals surface area contributed by atoms with Crippen LogP contribution in [0.4, 0.5) is 0 Å². The molecule has 0 saturated carbocycles. The molecule has 0 radical (unpaired) electrons. The van der Waals surface area contributed by atoms with Crippen LogP contribution in [-0.2, 0) is 0 Å². The van der Waals surface area contributed by atoms with E-state index in [0.717, 1.165) is 4.90 Å². The molecule has 4 rings (SSSR count). The third-order valence-corrected chi connectivity index (χ3v) is 5.45. The molecule has 0 bridgehead atoms. The smallest absolute Gasteiger partial charge is 0.265 e. The largest absolute Gasteiger partial charge is 0.288 e. The van der Waals surface area contributed by atoms with Crippen molar-refractivity contribution in [2.45, 2.75) is 0 Å². The van der Waals surface area contributed by atoms with Crippen molar-refractivity contribution in [3.63, 3.8) is 0 Å². The number of ketones is 2. The first-order valence-electron chi connectivity index (χ1n) is 9.08. The lowest BCUT2D eigenvalue weighted by atomic mass is 9.91. The van der Waals surface area contributed by atoms with E-state index in [4.69, 9.17) is 0 Å². The van der Waals surface area contributed by atoms with Crippen LogP contribution in [0.25, 0.3) is 0 Å². The van der Waals surface area contributed by atoms with Crippen molar-refractivity contribution in [1.29, 1.82) is 0 Å². The first kappa shape index (κ1) is 19.7. The lowest BCUT2D eigenvalue weighted by Crippen LogP contribution is -2.41. The quantitative estimate of drug-likeness (QED) is 0.534. The molecular weight excluding hydrogens is 446 g/mol. The summed E-state index contributed by atoms with van der Waals surface area (Å²) in [6, 6.07) is 22.6. The molecule has 0 saturated heterocycles. The van der Waals surface area contributed by atoms with E-state index in [1.807, 2.05) is 0 Å². The number of hydrogen-bond donors (Lipinski definition) is 0. The molecule has 0 aromatic heterocycles. The maximum absolute atomic E-state index is 13.4. The predicted octanol–water partition coefficient (Wildman–Crippen LogP) is 4.65. The number of carbonyl (C=O) groups is 4. The minimum atomic E-state index is -0.697. The summed E-state index contributed by atoms with van der Waals surface area (Å²) >= 11 is 3.18. The highest BCUT2D eigenvalue weighted by atomic mass is 79.9. The van der Waals surface area contributed by atoms with Gasteiger partial charge < -0.3 is 0 Å². The Kier molecular flexibility index (Phi) is 5.25. The summed E-state index contributed by atoms with van der Waals surface area (Å²) in [6.45, 7) is 0. The standard InChI is InChI=1S/C24H14BrNO4/c25-19-20(22(28)18-14-8-7-13-17(18)21(19)27)26(23(29)15-9-3-1-4-10-15)24(30)16-11-5-2-6-12-16/h1-14H. The van der Waals surface area contributed by atoms with Gasteiger partial charge in [-0.05, 0) is 40.2 Å². The lowest BCUT2D eigenvalue weighted by Gasteiger charge is -2.27. The van der Waals surface area contributed by atoms with Gasteiger partial charge in [-0.25, -0.2) is 4.90 Å². The van der Waals surface area contributed by atoms with Gasteiger partial charge in [0.1, 0.15) is 5.70 Å². The van der Waals surface area contributed by atoms with Crippen LogP contribution in [0.5, 0.6) is 0 Å². The van der Waals surface area contributed by atoms with Crippen molar-refractivity contribution < 1.29 is 19.2 Å².